The summed E-state index contributed by atoms with van der Waals surface area (Å²) >= 11 is 0. The van der Waals surface area contributed by atoms with Crippen LogP contribution in [0.5, 0.6) is 5.75 Å². The third kappa shape index (κ3) is 5.76. The Morgan fingerprint density at radius 3 is 2.29 bits per heavy atom. The van der Waals surface area contributed by atoms with E-state index in [2.05, 4.69) is 13.8 Å². The Kier molecular flexibility index (Phi) is 6.76. The number of phenolic OH excluding ortho intramolecular Hbond substituents is 1. The Morgan fingerprint density at radius 1 is 1.00 bits per heavy atom. The molecule has 0 saturated heterocycles. The van der Waals surface area contributed by atoms with E-state index >= 15 is 0 Å². The van der Waals surface area contributed by atoms with Gasteiger partial charge >= 0.3 is 0 Å². The summed E-state index contributed by atoms with van der Waals surface area (Å²) in [5, 5.41) is 9.37. The highest BCUT2D eigenvalue weighted by Gasteiger charge is 1.98. The summed E-state index contributed by atoms with van der Waals surface area (Å²) in [5.41, 5.74) is 2.03. The fourth-order valence-corrected chi connectivity index (χ4v) is 2.08. The van der Waals surface area contributed by atoms with Gasteiger partial charge in [0.1, 0.15) is 5.75 Å². The summed E-state index contributed by atoms with van der Waals surface area (Å²) in [7, 11) is 0. The summed E-state index contributed by atoms with van der Waals surface area (Å²) in [4.78, 5) is 0. The van der Waals surface area contributed by atoms with Crippen LogP contribution >= 0.6 is 0 Å². The summed E-state index contributed by atoms with van der Waals surface area (Å²) in [5.74, 6) is 0.299. The van der Waals surface area contributed by atoms with Crippen molar-refractivity contribution in [2.75, 3.05) is 0 Å². The van der Waals surface area contributed by atoms with Crippen molar-refractivity contribution in [1.82, 2.24) is 0 Å². The molecule has 1 radical (unpaired) electrons. The van der Waals surface area contributed by atoms with Crippen molar-refractivity contribution in [2.24, 2.45) is 0 Å². The average Bonchev–Trinajstić information content (AvgIpc) is 2.32. The topological polar surface area (TPSA) is 20.2 Å². The van der Waals surface area contributed by atoms with Gasteiger partial charge in [0, 0.05) is 0 Å². The molecule has 1 nitrogen and oxygen atoms in total. The van der Waals surface area contributed by atoms with Crippen molar-refractivity contribution in [2.45, 2.75) is 58.3 Å². The lowest BCUT2D eigenvalue weighted by Gasteiger charge is -2.04. The van der Waals surface area contributed by atoms with Crippen LogP contribution in [0.3, 0.4) is 0 Å². The van der Waals surface area contributed by atoms with E-state index in [0.717, 1.165) is 12.0 Å². The highest BCUT2D eigenvalue weighted by atomic mass is 16.3. The highest BCUT2D eigenvalue weighted by Crippen LogP contribution is 2.18. The lowest BCUT2D eigenvalue weighted by Crippen LogP contribution is -1.87. The van der Waals surface area contributed by atoms with Gasteiger partial charge in [-0.2, -0.15) is 0 Å². The van der Waals surface area contributed by atoms with Crippen LogP contribution in [0.2, 0.25) is 0 Å². The van der Waals surface area contributed by atoms with E-state index < -0.39 is 0 Å². The first-order valence-electron chi connectivity index (χ1n) is 6.88. The van der Waals surface area contributed by atoms with Gasteiger partial charge in [0.15, 0.2) is 0 Å². The number of hydrogen-bond acceptors (Lipinski definition) is 1. The van der Waals surface area contributed by atoms with Crippen LogP contribution < -0.4 is 0 Å². The van der Waals surface area contributed by atoms with Crippen LogP contribution in [-0.2, 0) is 6.42 Å². The molecule has 1 aromatic carbocycles. The van der Waals surface area contributed by atoms with Crippen molar-refractivity contribution < 1.29 is 5.11 Å². The van der Waals surface area contributed by atoms with E-state index in [1.807, 2.05) is 12.1 Å². The molecule has 1 aromatic rings. The third-order valence-electron chi connectivity index (χ3n) is 3.21. The van der Waals surface area contributed by atoms with E-state index in [0.29, 0.717) is 5.75 Å². The molecule has 0 unspecified atom stereocenters. The molecule has 0 aliphatic carbocycles. The summed E-state index contributed by atoms with van der Waals surface area (Å²) in [6.45, 7) is 6.06. The van der Waals surface area contributed by atoms with Crippen molar-refractivity contribution >= 4 is 0 Å². The van der Waals surface area contributed by atoms with Crippen molar-refractivity contribution in [3.63, 3.8) is 0 Å². The van der Waals surface area contributed by atoms with Crippen LogP contribution in [0.4, 0.5) is 0 Å². The predicted octanol–water partition coefficient (Wildman–Crippen LogP) is 4.87. The third-order valence-corrected chi connectivity index (χ3v) is 3.21. The average molecular weight is 233 g/mol. The van der Waals surface area contributed by atoms with Crippen LogP contribution in [0.1, 0.15) is 63.0 Å². The molecule has 1 N–H and O–H groups in total. The summed E-state index contributed by atoms with van der Waals surface area (Å²) < 4.78 is 0. The van der Waals surface area contributed by atoms with Crippen LogP contribution in [0.15, 0.2) is 18.2 Å². The Morgan fingerprint density at radius 2 is 1.65 bits per heavy atom. The first kappa shape index (κ1) is 14.1. The first-order chi connectivity index (χ1) is 8.24. The normalized spacial score (nSPS) is 10.7. The summed E-state index contributed by atoms with van der Waals surface area (Å²) in [6, 6.07) is 5.74. The number of unbranched alkanes of at least 4 members (excludes halogenated alkanes) is 6. The minimum absolute atomic E-state index is 0.299. The monoisotopic (exact) mass is 233 g/mol. The second kappa shape index (κ2) is 8.16. The molecule has 95 valence electrons. The van der Waals surface area contributed by atoms with Gasteiger partial charge in [-0.1, -0.05) is 57.6 Å². The molecular formula is C16H25O. The van der Waals surface area contributed by atoms with Crippen LogP contribution in [0, 0.1) is 6.92 Å². The van der Waals surface area contributed by atoms with E-state index in [1.165, 1.54) is 50.5 Å². The van der Waals surface area contributed by atoms with Crippen LogP contribution in [0.25, 0.3) is 0 Å². The van der Waals surface area contributed by atoms with E-state index in [4.69, 9.17) is 0 Å². The Bertz CT molecular complexity index is 317. The van der Waals surface area contributed by atoms with Gasteiger partial charge in [-0.05, 0) is 37.0 Å². The Labute approximate surface area is 106 Å². The minimum atomic E-state index is 0.299. The van der Waals surface area contributed by atoms with E-state index in [-0.39, 0.29) is 0 Å². The fourth-order valence-electron chi connectivity index (χ4n) is 2.08. The SMILES string of the molecule is [CH2]c1cc(CCCCCCCCC)ccc1O. The number of aryl methyl sites for hydroxylation is 1. The largest absolute Gasteiger partial charge is 0.508 e. The standard InChI is InChI=1S/C16H25O/c1-3-4-5-6-7-8-9-10-15-11-12-16(17)14(2)13-15/h11-13,17H,2-10H2,1H3. The smallest absolute Gasteiger partial charge is 0.118 e. The molecule has 0 bridgehead atoms. The number of hydrogen-bond donors (Lipinski definition) is 1. The van der Waals surface area contributed by atoms with Crippen LogP contribution in [-0.4, -0.2) is 5.11 Å². The molecule has 0 amide bonds. The molecule has 0 spiro atoms. The molecule has 0 atom stereocenters. The minimum Gasteiger partial charge on any atom is -0.508 e. The van der Waals surface area contributed by atoms with Crippen molar-refractivity contribution in [3.05, 3.63) is 36.2 Å². The molecule has 0 aliphatic heterocycles. The van der Waals surface area contributed by atoms with Gasteiger partial charge in [0.05, 0.1) is 0 Å². The number of benzene rings is 1. The predicted molar refractivity (Wildman–Crippen MR) is 74.3 cm³/mol. The summed E-state index contributed by atoms with van der Waals surface area (Å²) in [6.07, 6.45) is 10.5. The number of aromatic hydroxyl groups is 1. The quantitative estimate of drug-likeness (QED) is 0.635. The number of rotatable bonds is 8. The first-order valence-corrected chi connectivity index (χ1v) is 6.88. The molecule has 0 aromatic heterocycles. The molecule has 1 rings (SSSR count). The van der Waals surface area contributed by atoms with Crippen molar-refractivity contribution in [3.8, 4) is 5.75 Å². The van der Waals surface area contributed by atoms with Crippen molar-refractivity contribution in [1.29, 1.82) is 0 Å². The van der Waals surface area contributed by atoms with Gasteiger partial charge < -0.3 is 5.11 Å². The molecular weight excluding hydrogens is 208 g/mol. The molecule has 0 heterocycles. The van der Waals surface area contributed by atoms with E-state index in [1.54, 1.807) is 6.07 Å². The van der Waals surface area contributed by atoms with Gasteiger partial charge in [0.2, 0.25) is 0 Å². The number of phenols is 1. The molecule has 17 heavy (non-hydrogen) atoms. The second-order valence-electron chi connectivity index (χ2n) is 4.83. The lowest BCUT2D eigenvalue weighted by molar-refractivity contribution is 0.472. The molecule has 0 saturated carbocycles. The zero-order valence-corrected chi connectivity index (χ0v) is 11.0. The molecule has 0 aliphatic rings. The van der Waals surface area contributed by atoms with Gasteiger partial charge in [-0.15, -0.1) is 0 Å². The lowest BCUT2D eigenvalue weighted by atomic mass is 10.0. The fraction of sp³-hybridized carbons (Fsp3) is 0.562. The highest BCUT2D eigenvalue weighted by molar-refractivity contribution is 5.37. The molecule has 0 fully saturated rings. The van der Waals surface area contributed by atoms with E-state index in [9.17, 15) is 5.11 Å². The maximum absolute atomic E-state index is 9.37. The zero-order chi connectivity index (χ0) is 12.5. The molecule has 1 heteroatoms. The second-order valence-corrected chi connectivity index (χ2v) is 4.83. The maximum Gasteiger partial charge on any atom is 0.118 e. The maximum atomic E-state index is 9.37. The Balaban J connectivity index is 2.11. The van der Waals surface area contributed by atoms with Gasteiger partial charge in [-0.3, -0.25) is 0 Å². The van der Waals surface area contributed by atoms with Gasteiger partial charge in [-0.25, -0.2) is 0 Å². The van der Waals surface area contributed by atoms with Gasteiger partial charge in [0.25, 0.3) is 0 Å². The zero-order valence-electron chi connectivity index (χ0n) is 11.0. The Hall–Kier alpha value is -0.980.